The second-order valence-corrected chi connectivity index (χ2v) is 3.69. The minimum atomic E-state index is 0.263. The van der Waals surface area contributed by atoms with Crippen LogP contribution in [0.4, 0.5) is 0 Å². The van der Waals surface area contributed by atoms with Crippen LogP contribution in [0.3, 0.4) is 0 Å². The number of oxime groups is 1. The maximum atomic E-state index is 8.44. The Balaban J connectivity index is 2.43. The molecule has 0 saturated heterocycles. The zero-order chi connectivity index (χ0) is 12.0. The Hall–Kier alpha value is -1.56. The summed E-state index contributed by atoms with van der Waals surface area (Å²) in [5.41, 5.74) is 6.46. The van der Waals surface area contributed by atoms with Gasteiger partial charge in [-0.25, -0.2) is 0 Å². The molecule has 0 aliphatic carbocycles. The topological polar surface area (TPSA) is 79.7 Å². The molecule has 1 aromatic rings. The third-order valence-corrected chi connectivity index (χ3v) is 2.41. The van der Waals surface area contributed by atoms with Gasteiger partial charge in [-0.3, -0.25) is 9.58 Å². The molecule has 0 aliphatic rings. The Kier molecular flexibility index (Phi) is 4.78. The zero-order valence-electron chi connectivity index (χ0n) is 9.80. The van der Waals surface area contributed by atoms with Gasteiger partial charge in [-0.05, 0) is 12.6 Å². The summed E-state index contributed by atoms with van der Waals surface area (Å²) in [5, 5.41) is 15.7. The molecule has 0 fully saturated rings. The van der Waals surface area contributed by atoms with Crippen molar-refractivity contribution in [1.29, 1.82) is 0 Å². The average Bonchev–Trinajstić information content (AvgIpc) is 2.69. The average molecular weight is 225 g/mol. The molecule has 1 aromatic heterocycles. The van der Waals surface area contributed by atoms with Crippen molar-refractivity contribution in [1.82, 2.24) is 14.7 Å². The van der Waals surface area contributed by atoms with E-state index in [0.717, 1.165) is 25.3 Å². The van der Waals surface area contributed by atoms with Gasteiger partial charge in [0.25, 0.3) is 0 Å². The van der Waals surface area contributed by atoms with Gasteiger partial charge in [0.1, 0.15) is 5.84 Å². The molecule has 3 N–H and O–H groups in total. The molecule has 0 unspecified atom stereocenters. The minimum absolute atomic E-state index is 0.263. The van der Waals surface area contributed by atoms with E-state index >= 15 is 0 Å². The summed E-state index contributed by atoms with van der Waals surface area (Å²) in [6.07, 6.45) is 2.49. The van der Waals surface area contributed by atoms with Crippen LogP contribution in [0, 0.1) is 0 Å². The maximum Gasteiger partial charge on any atom is 0.140 e. The van der Waals surface area contributed by atoms with Crippen molar-refractivity contribution in [2.45, 2.75) is 19.9 Å². The number of rotatable bonds is 6. The van der Waals surface area contributed by atoms with Crippen molar-refractivity contribution in [2.75, 3.05) is 13.1 Å². The summed E-state index contributed by atoms with van der Waals surface area (Å²) >= 11 is 0. The fourth-order valence-corrected chi connectivity index (χ4v) is 1.45. The number of nitrogens with zero attached hydrogens (tertiary/aromatic N) is 4. The second-order valence-electron chi connectivity index (χ2n) is 3.69. The zero-order valence-corrected chi connectivity index (χ0v) is 9.80. The number of aromatic nitrogens is 2. The quantitative estimate of drug-likeness (QED) is 0.317. The van der Waals surface area contributed by atoms with Crippen LogP contribution in [0.5, 0.6) is 0 Å². The number of nitrogens with two attached hydrogens (primary N) is 1. The highest BCUT2D eigenvalue weighted by Gasteiger charge is 2.06. The van der Waals surface area contributed by atoms with Crippen LogP contribution in [0.1, 0.15) is 19.0 Å². The molecule has 90 valence electrons. The van der Waals surface area contributed by atoms with Gasteiger partial charge in [-0.2, -0.15) is 5.10 Å². The van der Waals surface area contributed by atoms with E-state index in [1.807, 2.05) is 19.3 Å². The van der Waals surface area contributed by atoms with E-state index in [-0.39, 0.29) is 5.84 Å². The van der Waals surface area contributed by atoms with Gasteiger partial charge < -0.3 is 10.9 Å². The number of amidine groups is 1. The molecule has 0 atom stereocenters. The van der Waals surface area contributed by atoms with E-state index < -0.39 is 0 Å². The van der Waals surface area contributed by atoms with Crippen LogP contribution in [0.2, 0.25) is 0 Å². The Morgan fingerprint density at radius 3 is 2.94 bits per heavy atom. The Morgan fingerprint density at radius 1 is 1.69 bits per heavy atom. The van der Waals surface area contributed by atoms with Crippen molar-refractivity contribution in [2.24, 2.45) is 17.9 Å². The molecule has 1 rings (SSSR count). The van der Waals surface area contributed by atoms with E-state index in [1.54, 1.807) is 4.68 Å². The lowest BCUT2D eigenvalue weighted by atomic mass is 10.3. The lowest BCUT2D eigenvalue weighted by Crippen LogP contribution is -2.28. The minimum Gasteiger partial charge on any atom is -0.409 e. The molecular weight excluding hydrogens is 206 g/mol. The first-order valence-corrected chi connectivity index (χ1v) is 5.33. The molecule has 0 aromatic carbocycles. The lowest BCUT2D eigenvalue weighted by molar-refractivity contribution is 0.279. The smallest absolute Gasteiger partial charge is 0.140 e. The van der Waals surface area contributed by atoms with Gasteiger partial charge in [0.15, 0.2) is 0 Å². The van der Waals surface area contributed by atoms with Crippen LogP contribution in [0.15, 0.2) is 17.4 Å². The first-order chi connectivity index (χ1) is 7.65. The van der Waals surface area contributed by atoms with Gasteiger partial charge in [-0.15, -0.1) is 0 Å². The molecule has 0 aliphatic heterocycles. The second kappa shape index (κ2) is 6.12. The summed E-state index contributed by atoms with van der Waals surface area (Å²) in [6.45, 7) is 4.55. The predicted octanol–water partition coefficient (Wildman–Crippen LogP) is 0.378. The number of aryl methyl sites for hydroxylation is 1. The third-order valence-electron chi connectivity index (χ3n) is 2.41. The first kappa shape index (κ1) is 12.5. The number of hydrogen-bond donors (Lipinski definition) is 2. The molecule has 1 heterocycles. The van der Waals surface area contributed by atoms with E-state index in [9.17, 15) is 0 Å². The van der Waals surface area contributed by atoms with Crippen LogP contribution >= 0.6 is 0 Å². The molecule has 0 radical (unpaired) electrons. The predicted molar refractivity (Wildman–Crippen MR) is 62.2 cm³/mol. The Bertz CT molecular complexity index is 347. The standard InChI is InChI=1S/C10H19N5O/c1-3-15(7-5-10(11)13-16)8-9-4-6-14(2)12-9/h4,6,16H,3,5,7-8H2,1-2H3,(H2,11,13). The molecular formula is C10H19N5O. The fraction of sp³-hybridized carbons (Fsp3) is 0.600. The molecule has 6 nitrogen and oxygen atoms in total. The molecule has 0 amide bonds. The van der Waals surface area contributed by atoms with Crippen molar-refractivity contribution >= 4 is 5.84 Å². The Labute approximate surface area is 95.3 Å². The molecule has 0 bridgehead atoms. The van der Waals surface area contributed by atoms with Crippen molar-refractivity contribution in [3.63, 3.8) is 0 Å². The van der Waals surface area contributed by atoms with Gasteiger partial charge in [0, 0.05) is 32.8 Å². The highest BCUT2D eigenvalue weighted by Crippen LogP contribution is 2.02. The van der Waals surface area contributed by atoms with Crippen LogP contribution in [-0.2, 0) is 13.6 Å². The number of hydrogen-bond acceptors (Lipinski definition) is 4. The normalized spacial score (nSPS) is 12.3. The van der Waals surface area contributed by atoms with Gasteiger partial charge in [0.2, 0.25) is 0 Å². The molecule has 0 saturated carbocycles. The monoisotopic (exact) mass is 225 g/mol. The summed E-state index contributed by atoms with van der Waals surface area (Å²) < 4.78 is 1.78. The highest BCUT2D eigenvalue weighted by molar-refractivity contribution is 5.79. The summed E-state index contributed by atoms with van der Waals surface area (Å²) in [5.74, 6) is 0.263. The fourth-order valence-electron chi connectivity index (χ4n) is 1.45. The van der Waals surface area contributed by atoms with Gasteiger partial charge in [-0.1, -0.05) is 12.1 Å². The molecule has 6 heteroatoms. The van der Waals surface area contributed by atoms with E-state index in [2.05, 4.69) is 22.1 Å². The van der Waals surface area contributed by atoms with Crippen LogP contribution in [0.25, 0.3) is 0 Å². The van der Waals surface area contributed by atoms with Crippen LogP contribution < -0.4 is 5.73 Å². The van der Waals surface area contributed by atoms with E-state index in [4.69, 9.17) is 10.9 Å². The summed E-state index contributed by atoms with van der Waals surface area (Å²) in [7, 11) is 1.90. The third kappa shape index (κ3) is 3.90. The Morgan fingerprint density at radius 2 is 2.44 bits per heavy atom. The van der Waals surface area contributed by atoms with Gasteiger partial charge >= 0.3 is 0 Å². The van der Waals surface area contributed by atoms with E-state index in [1.165, 1.54) is 0 Å². The lowest BCUT2D eigenvalue weighted by Gasteiger charge is -2.18. The highest BCUT2D eigenvalue weighted by atomic mass is 16.4. The van der Waals surface area contributed by atoms with Gasteiger partial charge in [0.05, 0.1) is 5.69 Å². The van der Waals surface area contributed by atoms with Crippen molar-refractivity contribution in [3.8, 4) is 0 Å². The largest absolute Gasteiger partial charge is 0.409 e. The summed E-state index contributed by atoms with van der Waals surface area (Å²) in [4.78, 5) is 2.19. The molecule has 16 heavy (non-hydrogen) atoms. The maximum absolute atomic E-state index is 8.44. The first-order valence-electron chi connectivity index (χ1n) is 5.33. The molecule has 0 spiro atoms. The van der Waals surface area contributed by atoms with Crippen LogP contribution in [-0.4, -0.2) is 38.8 Å². The van der Waals surface area contributed by atoms with Crippen molar-refractivity contribution in [3.05, 3.63) is 18.0 Å². The van der Waals surface area contributed by atoms with Crippen molar-refractivity contribution < 1.29 is 5.21 Å². The van der Waals surface area contributed by atoms with E-state index in [0.29, 0.717) is 6.42 Å². The SMILES string of the molecule is CCN(CC/C(N)=N/O)Cc1ccn(C)n1. The summed E-state index contributed by atoms with van der Waals surface area (Å²) in [6, 6.07) is 1.99.